The lowest BCUT2D eigenvalue weighted by molar-refractivity contribution is -0.137. The second kappa shape index (κ2) is 8.44. The molecule has 1 rings (SSSR count). The van der Waals surface area contributed by atoms with Crippen LogP contribution in [0.25, 0.3) is 0 Å². The van der Waals surface area contributed by atoms with Gasteiger partial charge in [0, 0.05) is 22.3 Å². The molecule has 0 saturated heterocycles. The molecule has 116 valence electrons. The molecule has 1 aromatic carbocycles. The third kappa shape index (κ3) is 7.00. The molecule has 1 aromatic rings. The predicted molar refractivity (Wildman–Crippen MR) is 88.6 cm³/mol. The number of carboxylic acids is 1. The zero-order chi connectivity index (χ0) is 15.9. The number of nitrogens with one attached hydrogen (secondary N) is 1. The highest BCUT2D eigenvalue weighted by atomic mass is 79.9. The fraction of sp³-hybridized carbons (Fsp3) is 0.467. The molecule has 0 aliphatic rings. The molecule has 0 saturated carbocycles. The van der Waals surface area contributed by atoms with Crippen LogP contribution in [0.1, 0.15) is 33.1 Å². The Hall–Kier alpha value is -1.01. The van der Waals surface area contributed by atoms with Crippen molar-refractivity contribution >= 4 is 39.6 Å². The van der Waals surface area contributed by atoms with E-state index in [9.17, 15) is 9.59 Å². The van der Waals surface area contributed by atoms with Crippen molar-refractivity contribution in [3.8, 4) is 0 Å². The Labute approximate surface area is 137 Å². The first-order chi connectivity index (χ1) is 9.81. The minimum absolute atomic E-state index is 0.0363. The van der Waals surface area contributed by atoms with E-state index in [1.54, 1.807) is 0 Å². The van der Waals surface area contributed by atoms with Crippen LogP contribution in [0, 0.1) is 0 Å². The van der Waals surface area contributed by atoms with Crippen molar-refractivity contribution in [3.63, 3.8) is 0 Å². The summed E-state index contributed by atoms with van der Waals surface area (Å²) < 4.78 is 0.438. The molecule has 0 spiro atoms. The maximum atomic E-state index is 12.2. The van der Waals surface area contributed by atoms with Gasteiger partial charge >= 0.3 is 5.97 Å². The van der Waals surface area contributed by atoms with Gasteiger partial charge in [0.25, 0.3) is 0 Å². The topological polar surface area (TPSA) is 66.4 Å². The largest absolute Gasteiger partial charge is 0.481 e. The SMILES string of the molecule is CC(C)(Sc1ccc(Br)cc1)C(=O)NCCCCC(=O)O. The molecule has 1 amide bonds. The second-order valence-corrected chi connectivity index (χ2v) is 7.78. The molecule has 0 aliphatic carbocycles. The smallest absolute Gasteiger partial charge is 0.303 e. The first-order valence-corrected chi connectivity index (χ1v) is 8.37. The van der Waals surface area contributed by atoms with Gasteiger partial charge in [0.2, 0.25) is 5.91 Å². The van der Waals surface area contributed by atoms with Gasteiger partial charge in [0.15, 0.2) is 0 Å². The lowest BCUT2D eigenvalue weighted by Gasteiger charge is -2.23. The summed E-state index contributed by atoms with van der Waals surface area (Å²) in [6.45, 7) is 4.27. The van der Waals surface area contributed by atoms with Crippen molar-refractivity contribution in [1.82, 2.24) is 5.32 Å². The molecule has 0 heterocycles. The Balaban J connectivity index is 2.40. The highest BCUT2D eigenvalue weighted by Crippen LogP contribution is 2.33. The van der Waals surface area contributed by atoms with Crippen molar-refractivity contribution in [2.24, 2.45) is 0 Å². The molecule has 0 aromatic heterocycles. The van der Waals surface area contributed by atoms with Crippen molar-refractivity contribution in [2.45, 2.75) is 42.8 Å². The third-order valence-electron chi connectivity index (χ3n) is 2.84. The first kappa shape index (κ1) is 18.0. The maximum Gasteiger partial charge on any atom is 0.303 e. The summed E-state index contributed by atoms with van der Waals surface area (Å²) in [5.41, 5.74) is 0. The van der Waals surface area contributed by atoms with E-state index in [2.05, 4.69) is 21.2 Å². The van der Waals surface area contributed by atoms with E-state index in [-0.39, 0.29) is 12.3 Å². The van der Waals surface area contributed by atoms with E-state index in [1.807, 2.05) is 38.1 Å². The van der Waals surface area contributed by atoms with Gasteiger partial charge in [-0.1, -0.05) is 15.9 Å². The molecule has 0 bridgehead atoms. The van der Waals surface area contributed by atoms with Gasteiger partial charge in [-0.25, -0.2) is 0 Å². The number of carbonyl (C=O) groups is 2. The van der Waals surface area contributed by atoms with Gasteiger partial charge < -0.3 is 10.4 Å². The van der Waals surface area contributed by atoms with Crippen LogP contribution in [0.5, 0.6) is 0 Å². The normalized spacial score (nSPS) is 11.2. The molecule has 0 unspecified atom stereocenters. The zero-order valence-corrected chi connectivity index (χ0v) is 14.6. The summed E-state index contributed by atoms with van der Waals surface area (Å²) in [5.74, 6) is -0.835. The van der Waals surface area contributed by atoms with Crippen LogP contribution in [-0.4, -0.2) is 28.3 Å². The van der Waals surface area contributed by atoms with E-state index >= 15 is 0 Å². The van der Waals surface area contributed by atoms with Crippen LogP contribution in [0.2, 0.25) is 0 Å². The van der Waals surface area contributed by atoms with Crippen LogP contribution in [0.4, 0.5) is 0 Å². The van der Waals surface area contributed by atoms with Gasteiger partial charge in [0.1, 0.15) is 0 Å². The highest BCUT2D eigenvalue weighted by molar-refractivity contribution is 9.10. The lowest BCUT2D eigenvalue weighted by Crippen LogP contribution is -2.40. The van der Waals surface area contributed by atoms with Gasteiger partial charge in [-0.3, -0.25) is 9.59 Å². The monoisotopic (exact) mass is 373 g/mol. The van der Waals surface area contributed by atoms with E-state index in [1.165, 1.54) is 11.8 Å². The van der Waals surface area contributed by atoms with Crippen LogP contribution in [0.3, 0.4) is 0 Å². The third-order valence-corrected chi connectivity index (χ3v) is 4.57. The number of carbonyl (C=O) groups excluding carboxylic acids is 1. The molecule has 0 radical (unpaired) electrons. The van der Waals surface area contributed by atoms with Crippen LogP contribution in [-0.2, 0) is 9.59 Å². The molecule has 0 aliphatic heterocycles. The summed E-state index contributed by atoms with van der Waals surface area (Å²) in [7, 11) is 0. The number of thioether (sulfide) groups is 1. The molecule has 2 N–H and O–H groups in total. The van der Waals surface area contributed by atoms with Gasteiger partial charge in [-0.05, 0) is 51.0 Å². The number of benzene rings is 1. The number of hydrogen-bond donors (Lipinski definition) is 2. The Morgan fingerprint density at radius 3 is 2.43 bits per heavy atom. The summed E-state index contributed by atoms with van der Waals surface area (Å²) in [5, 5.41) is 11.4. The van der Waals surface area contributed by atoms with Gasteiger partial charge in [-0.2, -0.15) is 0 Å². The number of hydrogen-bond acceptors (Lipinski definition) is 3. The van der Waals surface area contributed by atoms with Crippen LogP contribution < -0.4 is 5.32 Å². The maximum absolute atomic E-state index is 12.2. The van der Waals surface area contributed by atoms with Crippen molar-refractivity contribution in [1.29, 1.82) is 0 Å². The summed E-state index contributed by atoms with van der Waals surface area (Å²) in [6, 6.07) is 7.83. The van der Waals surface area contributed by atoms with E-state index in [0.29, 0.717) is 19.4 Å². The van der Waals surface area contributed by atoms with E-state index < -0.39 is 10.7 Å². The van der Waals surface area contributed by atoms with Crippen molar-refractivity contribution in [2.75, 3.05) is 6.54 Å². The quantitative estimate of drug-likeness (QED) is 0.538. The molecule has 0 atom stereocenters. The van der Waals surface area contributed by atoms with Gasteiger partial charge in [-0.15, -0.1) is 11.8 Å². The minimum atomic E-state index is -0.799. The Morgan fingerprint density at radius 2 is 1.86 bits per heavy atom. The number of rotatable bonds is 8. The minimum Gasteiger partial charge on any atom is -0.481 e. The lowest BCUT2D eigenvalue weighted by atomic mass is 10.2. The Kier molecular flexibility index (Phi) is 7.25. The average molecular weight is 374 g/mol. The van der Waals surface area contributed by atoms with Crippen LogP contribution >= 0.6 is 27.7 Å². The molecule has 0 fully saturated rings. The van der Waals surface area contributed by atoms with Crippen LogP contribution in [0.15, 0.2) is 33.6 Å². The average Bonchev–Trinajstić information content (AvgIpc) is 2.40. The molecule has 6 heteroatoms. The van der Waals surface area contributed by atoms with Gasteiger partial charge in [0.05, 0.1) is 4.75 Å². The van der Waals surface area contributed by atoms with E-state index in [4.69, 9.17) is 5.11 Å². The highest BCUT2D eigenvalue weighted by Gasteiger charge is 2.28. The molecule has 4 nitrogen and oxygen atoms in total. The molecular formula is C15H20BrNO3S. The summed E-state index contributed by atoms with van der Waals surface area (Å²) >= 11 is 4.89. The Bertz CT molecular complexity index is 488. The summed E-state index contributed by atoms with van der Waals surface area (Å²) in [6.07, 6.45) is 1.40. The zero-order valence-electron chi connectivity index (χ0n) is 12.2. The number of unbranched alkanes of at least 4 members (excludes halogenated alkanes) is 1. The van der Waals surface area contributed by atoms with Crippen molar-refractivity contribution < 1.29 is 14.7 Å². The summed E-state index contributed by atoms with van der Waals surface area (Å²) in [4.78, 5) is 23.6. The fourth-order valence-electron chi connectivity index (χ4n) is 1.66. The fourth-order valence-corrected chi connectivity index (χ4v) is 2.95. The predicted octanol–water partition coefficient (Wildman–Crippen LogP) is 3.69. The standard InChI is InChI=1S/C15H20BrNO3S/c1-15(2,21-12-8-6-11(16)7-9-12)14(20)17-10-4-3-5-13(18)19/h6-9H,3-5,10H2,1-2H3,(H,17,20)(H,18,19). The van der Waals surface area contributed by atoms with Crippen molar-refractivity contribution in [3.05, 3.63) is 28.7 Å². The number of halogens is 1. The second-order valence-electron chi connectivity index (χ2n) is 5.17. The number of aliphatic carboxylic acids is 1. The Morgan fingerprint density at radius 1 is 1.24 bits per heavy atom. The molecule has 21 heavy (non-hydrogen) atoms. The molecular weight excluding hydrogens is 354 g/mol. The first-order valence-electron chi connectivity index (χ1n) is 6.76. The van der Waals surface area contributed by atoms with E-state index in [0.717, 1.165) is 9.37 Å². The number of carboxylic acid groups (broad SMARTS) is 1. The number of amides is 1.